The quantitative estimate of drug-likeness (QED) is 0.171. The smallest absolute Gasteiger partial charge is 0.156 e. The summed E-state index contributed by atoms with van der Waals surface area (Å²) in [4.78, 5) is 2.50. The van der Waals surface area contributed by atoms with Crippen LogP contribution in [0.25, 0.3) is 44.5 Å². The van der Waals surface area contributed by atoms with E-state index in [-0.39, 0.29) is 21.7 Å². The standard InChI is InChI=1S/C84H75NO2/c1-79(2,3)55-37-42-61-62-43-38-56(80(4,5)6)48-69(62)83(68(61)47-55)66-27-18-21-32-76(66)87-78-67(83)28-22-30-74(78)85(73-29-19-16-25-60(73)54-35-33-53(34-36-54)52-23-14-13-15-24-52)59-41-46-77-72(51-59)84(65-26-17-20-31-75(65)86-77)70-49-57(81(7,8)9)39-44-63(70)64-45-40-58(50-71(64)84)82(10,11)12/h13-51H,1-12H3. The van der Waals surface area contributed by atoms with Crippen molar-refractivity contribution in [3.05, 3.63) is 303 Å². The van der Waals surface area contributed by atoms with Crippen molar-refractivity contribution < 1.29 is 9.47 Å². The van der Waals surface area contributed by atoms with Gasteiger partial charge in [0.25, 0.3) is 0 Å². The lowest BCUT2D eigenvalue weighted by Gasteiger charge is -2.42. The maximum absolute atomic E-state index is 7.72. The Balaban J connectivity index is 1.05. The molecule has 11 aromatic carbocycles. The Morgan fingerprint density at radius 2 is 0.655 bits per heavy atom. The van der Waals surface area contributed by atoms with Gasteiger partial charge in [0.2, 0.25) is 0 Å². The Morgan fingerprint density at radius 1 is 0.264 bits per heavy atom. The zero-order valence-electron chi connectivity index (χ0n) is 52.3. The van der Waals surface area contributed by atoms with E-state index in [1.807, 2.05) is 0 Å². The number of benzene rings is 11. The Bertz CT molecular complexity index is 4480. The second-order valence-corrected chi connectivity index (χ2v) is 28.9. The predicted octanol–water partition coefficient (Wildman–Crippen LogP) is 22.6. The van der Waals surface area contributed by atoms with E-state index in [9.17, 15) is 0 Å². The summed E-state index contributed by atoms with van der Waals surface area (Å²) in [6.07, 6.45) is 0. The van der Waals surface area contributed by atoms with Crippen molar-refractivity contribution in [2.45, 2.75) is 116 Å². The number of rotatable bonds is 5. The van der Waals surface area contributed by atoms with Gasteiger partial charge in [0.1, 0.15) is 17.2 Å². The van der Waals surface area contributed by atoms with Crippen molar-refractivity contribution in [1.82, 2.24) is 0 Å². The van der Waals surface area contributed by atoms with Crippen LogP contribution in [0.4, 0.5) is 17.1 Å². The van der Waals surface area contributed by atoms with Gasteiger partial charge < -0.3 is 14.4 Å². The largest absolute Gasteiger partial charge is 0.457 e. The van der Waals surface area contributed by atoms with Crippen LogP contribution in [0.2, 0.25) is 0 Å². The van der Waals surface area contributed by atoms with Crippen molar-refractivity contribution in [2.24, 2.45) is 0 Å². The van der Waals surface area contributed by atoms with Gasteiger partial charge in [-0.25, -0.2) is 0 Å². The van der Waals surface area contributed by atoms with Gasteiger partial charge >= 0.3 is 0 Å². The first-order chi connectivity index (χ1) is 41.6. The summed E-state index contributed by atoms with van der Waals surface area (Å²) in [6, 6.07) is 89.3. The van der Waals surface area contributed by atoms with Gasteiger partial charge in [-0.1, -0.05) is 277 Å². The van der Waals surface area contributed by atoms with Crippen LogP contribution in [0.15, 0.2) is 237 Å². The molecule has 0 bridgehead atoms. The highest BCUT2D eigenvalue weighted by atomic mass is 16.5. The summed E-state index contributed by atoms with van der Waals surface area (Å²) in [5, 5.41) is 0. The number of anilines is 3. The van der Waals surface area contributed by atoms with Crippen LogP contribution in [-0.4, -0.2) is 0 Å². The summed E-state index contributed by atoms with van der Waals surface area (Å²) in [5.74, 6) is 3.38. The van der Waals surface area contributed by atoms with E-state index in [1.54, 1.807) is 0 Å². The number of ether oxygens (including phenoxy) is 2. The molecule has 0 unspecified atom stereocenters. The molecule has 0 atom stereocenters. The summed E-state index contributed by atoms with van der Waals surface area (Å²) in [6.45, 7) is 28.0. The molecule has 87 heavy (non-hydrogen) atoms. The highest BCUT2D eigenvalue weighted by molar-refractivity contribution is 5.96. The van der Waals surface area contributed by atoms with E-state index in [1.165, 1.54) is 77.9 Å². The molecule has 3 nitrogen and oxygen atoms in total. The first kappa shape index (κ1) is 54.5. The van der Waals surface area contributed by atoms with Crippen LogP contribution in [-0.2, 0) is 32.5 Å². The third-order valence-corrected chi connectivity index (χ3v) is 19.5. The van der Waals surface area contributed by atoms with Crippen LogP contribution < -0.4 is 14.4 Å². The lowest BCUT2D eigenvalue weighted by atomic mass is 9.64. The van der Waals surface area contributed by atoms with Crippen LogP contribution in [0.3, 0.4) is 0 Å². The van der Waals surface area contributed by atoms with Gasteiger partial charge in [0.15, 0.2) is 5.75 Å². The number of fused-ring (bicyclic) bond motifs is 18. The number of nitrogens with zero attached hydrogens (tertiary/aromatic N) is 1. The highest BCUT2D eigenvalue weighted by Gasteiger charge is 2.54. The van der Waals surface area contributed by atoms with Crippen molar-refractivity contribution in [2.75, 3.05) is 4.90 Å². The molecule has 0 amide bonds. The Morgan fingerprint density at radius 3 is 1.16 bits per heavy atom. The van der Waals surface area contributed by atoms with Crippen LogP contribution >= 0.6 is 0 Å². The average molecular weight is 1130 g/mol. The van der Waals surface area contributed by atoms with E-state index in [4.69, 9.17) is 9.47 Å². The monoisotopic (exact) mass is 1130 g/mol. The molecule has 0 N–H and O–H groups in total. The van der Waals surface area contributed by atoms with Gasteiger partial charge in [-0.05, 0) is 148 Å². The molecule has 2 aliphatic carbocycles. The van der Waals surface area contributed by atoms with Crippen LogP contribution in [0.1, 0.15) is 150 Å². The Hall–Kier alpha value is -9.18. The second kappa shape index (κ2) is 19.2. The Labute approximate surface area is 515 Å². The van der Waals surface area contributed by atoms with Crippen LogP contribution in [0, 0.1) is 0 Å². The fourth-order valence-electron chi connectivity index (χ4n) is 14.9. The molecule has 0 fully saturated rings. The van der Waals surface area contributed by atoms with E-state index in [0.29, 0.717) is 0 Å². The van der Waals surface area contributed by atoms with E-state index >= 15 is 0 Å². The lowest BCUT2D eigenvalue weighted by molar-refractivity contribution is 0.435. The van der Waals surface area contributed by atoms with E-state index < -0.39 is 10.8 Å². The molecule has 2 heterocycles. The minimum Gasteiger partial charge on any atom is -0.457 e. The summed E-state index contributed by atoms with van der Waals surface area (Å²) in [7, 11) is 0. The third-order valence-electron chi connectivity index (χ3n) is 19.5. The SMILES string of the molecule is CC(C)(C)c1ccc2c(c1)C1(c3ccccc3Oc3ccc(N(c4ccccc4-c4ccc(-c5ccccc5)cc4)c4cccc5c4Oc4ccccc4C54c5cc(C(C)(C)C)ccc5-c5ccc(C(C)(C)C)cc54)cc31)c1cc(C(C)(C)C)ccc1-2. The van der Waals surface area contributed by atoms with E-state index in [2.05, 4.69) is 325 Å². The molecule has 0 aromatic heterocycles. The fourth-order valence-corrected chi connectivity index (χ4v) is 14.9. The summed E-state index contributed by atoms with van der Waals surface area (Å²) < 4.78 is 15.0. The number of hydrogen-bond acceptors (Lipinski definition) is 3. The average Bonchev–Trinajstić information content (AvgIpc) is 1.59. The maximum atomic E-state index is 7.72. The predicted molar refractivity (Wildman–Crippen MR) is 362 cm³/mol. The van der Waals surface area contributed by atoms with Crippen molar-refractivity contribution in [3.63, 3.8) is 0 Å². The molecule has 11 aromatic rings. The molecule has 3 heteroatoms. The minimum atomic E-state index is -0.756. The van der Waals surface area contributed by atoms with Gasteiger partial charge in [-0.15, -0.1) is 0 Å². The van der Waals surface area contributed by atoms with Crippen LogP contribution in [0.5, 0.6) is 23.0 Å². The molecule has 4 aliphatic rings. The second-order valence-electron chi connectivity index (χ2n) is 28.9. The minimum absolute atomic E-state index is 0.103. The third kappa shape index (κ3) is 8.21. The van der Waals surface area contributed by atoms with Crippen molar-refractivity contribution >= 4 is 17.1 Å². The molecule has 2 aliphatic heterocycles. The zero-order chi connectivity index (χ0) is 60.2. The molecule has 428 valence electrons. The molecule has 15 rings (SSSR count). The maximum Gasteiger partial charge on any atom is 0.156 e. The molecule has 0 radical (unpaired) electrons. The first-order valence-electron chi connectivity index (χ1n) is 31.1. The zero-order valence-corrected chi connectivity index (χ0v) is 52.3. The van der Waals surface area contributed by atoms with Gasteiger partial charge in [-0.3, -0.25) is 0 Å². The topological polar surface area (TPSA) is 21.7 Å². The lowest BCUT2D eigenvalue weighted by Crippen LogP contribution is -2.34. The Kier molecular flexibility index (Phi) is 12.0. The molecular weight excluding hydrogens is 1050 g/mol. The number of para-hydroxylation sites is 4. The van der Waals surface area contributed by atoms with Crippen molar-refractivity contribution in [1.29, 1.82) is 0 Å². The molecule has 0 saturated carbocycles. The molecule has 0 saturated heterocycles. The van der Waals surface area contributed by atoms with Crippen molar-refractivity contribution in [3.8, 4) is 67.5 Å². The van der Waals surface area contributed by atoms with Gasteiger partial charge in [0.05, 0.1) is 22.2 Å². The number of hydrogen-bond donors (Lipinski definition) is 0. The normalized spacial score (nSPS) is 14.6. The van der Waals surface area contributed by atoms with E-state index in [0.717, 1.165) is 73.4 Å². The summed E-state index contributed by atoms with van der Waals surface area (Å²) >= 11 is 0. The summed E-state index contributed by atoms with van der Waals surface area (Å²) in [5.41, 5.74) is 25.4. The highest BCUT2D eigenvalue weighted by Crippen LogP contribution is 2.67. The fraction of sp³-hybridized carbons (Fsp3) is 0.214. The first-order valence-corrected chi connectivity index (χ1v) is 31.1. The molecule has 2 spiro atoms. The molecular formula is C84H75NO2. The van der Waals surface area contributed by atoms with Gasteiger partial charge in [0, 0.05) is 33.5 Å². The van der Waals surface area contributed by atoms with Gasteiger partial charge in [-0.2, -0.15) is 0 Å².